The summed E-state index contributed by atoms with van der Waals surface area (Å²) in [5.41, 5.74) is 1.45. The number of amides is 1. The van der Waals surface area contributed by atoms with Crippen LogP contribution in [0.2, 0.25) is 0 Å². The number of carbonyl (C=O) groups excluding carboxylic acids is 1. The minimum Gasteiger partial charge on any atom is -0.384 e. The van der Waals surface area contributed by atoms with Gasteiger partial charge in [0.25, 0.3) is 5.91 Å². The molecule has 3 nitrogen and oxygen atoms in total. The van der Waals surface area contributed by atoms with Gasteiger partial charge in [0.05, 0.1) is 5.56 Å². The molecule has 0 atom stereocenters. The fraction of sp³-hybridized carbons (Fsp3) is 0.533. The molecule has 0 heterocycles. The highest BCUT2D eigenvalue weighted by Crippen LogP contribution is 2.17. The van der Waals surface area contributed by atoms with E-state index >= 15 is 0 Å². The van der Waals surface area contributed by atoms with Crippen LogP contribution in [0.5, 0.6) is 0 Å². The van der Waals surface area contributed by atoms with Gasteiger partial charge in [-0.1, -0.05) is 26.0 Å². The Balaban J connectivity index is 2.85. The molecule has 3 heteroatoms. The minimum absolute atomic E-state index is 0.0129. The predicted octanol–water partition coefficient (Wildman–Crippen LogP) is 3.43. The van der Waals surface area contributed by atoms with Crippen LogP contribution in [0.4, 0.5) is 5.69 Å². The van der Waals surface area contributed by atoms with Crippen LogP contribution in [-0.4, -0.2) is 18.0 Å². The maximum absolute atomic E-state index is 12.3. The number of hydrogen-bond donors (Lipinski definition) is 2. The van der Waals surface area contributed by atoms with E-state index in [2.05, 4.69) is 24.5 Å². The van der Waals surface area contributed by atoms with E-state index in [0.29, 0.717) is 5.56 Å². The van der Waals surface area contributed by atoms with E-state index in [4.69, 9.17) is 0 Å². The number of benzene rings is 1. The Labute approximate surface area is 110 Å². The molecule has 0 saturated heterocycles. The summed E-state index contributed by atoms with van der Waals surface area (Å²) in [6.45, 7) is 9.12. The third-order valence-corrected chi connectivity index (χ3v) is 3.07. The first-order valence-electron chi connectivity index (χ1n) is 6.65. The monoisotopic (exact) mass is 248 g/mol. The second-order valence-electron chi connectivity index (χ2n) is 5.16. The highest BCUT2D eigenvalue weighted by atomic mass is 16.1. The molecular formula is C15H24N2O. The van der Waals surface area contributed by atoms with E-state index in [1.807, 2.05) is 38.1 Å². The summed E-state index contributed by atoms with van der Waals surface area (Å²) in [6.07, 6.45) is 1.94. The van der Waals surface area contributed by atoms with Crippen molar-refractivity contribution in [1.82, 2.24) is 5.32 Å². The molecule has 0 aliphatic rings. The average Bonchev–Trinajstić information content (AvgIpc) is 2.36. The van der Waals surface area contributed by atoms with Gasteiger partial charge in [0.1, 0.15) is 0 Å². The van der Waals surface area contributed by atoms with Crippen LogP contribution in [0.15, 0.2) is 24.3 Å². The van der Waals surface area contributed by atoms with Gasteiger partial charge in [0.2, 0.25) is 0 Å². The van der Waals surface area contributed by atoms with Gasteiger partial charge in [-0.2, -0.15) is 0 Å². The first-order valence-corrected chi connectivity index (χ1v) is 6.65. The lowest BCUT2D eigenvalue weighted by atomic mass is 10.0. The molecule has 0 aliphatic carbocycles. The van der Waals surface area contributed by atoms with Crippen molar-refractivity contribution in [3.63, 3.8) is 0 Å². The summed E-state index contributed by atoms with van der Waals surface area (Å²) < 4.78 is 0. The zero-order chi connectivity index (χ0) is 13.6. The lowest BCUT2D eigenvalue weighted by Gasteiger charge is -2.25. The highest BCUT2D eigenvalue weighted by molar-refractivity contribution is 5.99. The lowest BCUT2D eigenvalue weighted by Crippen LogP contribution is -2.43. The number of carbonyl (C=O) groups is 1. The predicted molar refractivity (Wildman–Crippen MR) is 77.1 cm³/mol. The van der Waals surface area contributed by atoms with Gasteiger partial charge >= 0.3 is 0 Å². The SMILES string of the molecule is CCCNc1ccccc1C(=O)NC(C)(C)CC. The second-order valence-corrected chi connectivity index (χ2v) is 5.16. The standard InChI is InChI=1S/C15H24N2O/c1-5-11-16-13-10-8-7-9-12(13)14(18)17-15(3,4)6-2/h7-10,16H,5-6,11H2,1-4H3,(H,17,18). The van der Waals surface area contributed by atoms with Gasteiger partial charge in [-0.15, -0.1) is 0 Å². The zero-order valence-corrected chi connectivity index (χ0v) is 11.8. The van der Waals surface area contributed by atoms with Crippen molar-refractivity contribution < 1.29 is 4.79 Å². The molecule has 2 N–H and O–H groups in total. The Kier molecular flexibility index (Phi) is 5.20. The molecule has 100 valence electrons. The molecule has 0 unspecified atom stereocenters. The van der Waals surface area contributed by atoms with E-state index in [-0.39, 0.29) is 11.4 Å². The number of nitrogens with one attached hydrogen (secondary N) is 2. The van der Waals surface area contributed by atoms with Crippen LogP contribution in [0.3, 0.4) is 0 Å². The fourth-order valence-corrected chi connectivity index (χ4v) is 1.56. The quantitative estimate of drug-likeness (QED) is 0.810. The Morgan fingerprint density at radius 2 is 1.89 bits per heavy atom. The Bertz CT molecular complexity index is 399. The molecule has 0 radical (unpaired) electrons. The van der Waals surface area contributed by atoms with E-state index < -0.39 is 0 Å². The molecule has 1 aromatic rings. The molecule has 1 aromatic carbocycles. The first-order chi connectivity index (χ1) is 8.50. The summed E-state index contributed by atoms with van der Waals surface area (Å²) in [4.78, 5) is 12.3. The molecule has 0 bridgehead atoms. The summed E-state index contributed by atoms with van der Waals surface area (Å²) in [7, 11) is 0. The van der Waals surface area contributed by atoms with Crippen molar-refractivity contribution in [2.45, 2.75) is 46.1 Å². The van der Waals surface area contributed by atoms with Crippen LogP contribution in [0, 0.1) is 0 Å². The topological polar surface area (TPSA) is 41.1 Å². The van der Waals surface area contributed by atoms with Gasteiger partial charge in [0.15, 0.2) is 0 Å². The molecule has 1 amide bonds. The number of hydrogen-bond acceptors (Lipinski definition) is 2. The number of anilines is 1. The van der Waals surface area contributed by atoms with Crippen LogP contribution in [0.25, 0.3) is 0 Å². The van der Waals surface area contributed by atoms with Gasteiger partial charge in [0, 0.05) is 17.8 Å². The van der Waals surface area contributed by atoms with Crippen LogP contribution >= 0.6 is 0 Å². The second kappa shape index (κ2) is 6.43. The van der Waals surface area contributed by atoms with Crippen molar-refractivity contribution in [3.05, 3.63) is 29.8 Å². The molecule has 0 spiro atoms. The summed E-state index contributed by atoms with van der Waals surface area (Å²) in [6, 6.07) is 7.65. The molecule has 1 rings (SSSR count). The largest absolute Gasteiger partial charge is 0.384 e. The Morgan fingerprint density at radius 3 is 2.50 bits per heavy atom. The number of rotatable bonds is 6. The van der Waals surface area contributed by atoms with Crippen molar-refractivity contribution in [1.29, 1.82) is 0 Å². The van der Waals surface area contributed by atoms with Crippen molar-refractivity contribution in [3.8, 4) is 0 Å². The van der Waals surface area contributed by atoms with Crippen molar-refractivity contribution in [2.24, 2.45) is 0 Å². The molecule has 0 aromatic heterocycles. The van der Waals surface area contributed by atoms with Crippen LogP contribution < -0.4 is 10.6 Å². The third-order valence-electron chi connectivity index (χ3n) is 3.07. The first kappa shape index (κ1) is 14.6. The van der Waals surface area contributed by atoms with Crippen LogP contribution in [0.1, 0.15) is 50.9 Å². The summed E-state index contributed by atoms with van der Waals surface area (Å²) >= 11 is 0. The normalized spacial score (nSPS) is 11.1. The third kappa shape index (κ3) is 4.06. The molecule has 18 heavy (non-hydrogen) atoms. The maximum atomic E-state index is 12.3. The van der Waals surface area contributed by atoms with Gasteiger partial charge in [-0.3, -0.25) is 4.79 Å². The lowest BCUT2D eigenvalue weighted by molar-refractivity contribution is 0.0912. The summed E-state index contributed by atoms with van der Waals surface area (Å²) in [5.74, 6) is -0.0129. The Hall–Kier alpha value is -1.51. The van der Waals surface area contributed by atoms with Gasteiger partial charge < -0.3 is 10.6 Å². The fourth-order valence-electron chi connectivity index (χ4n) is 1.56. The van der Waals surface area contributed by atoms with E-state index in [1.165, 1.54) is 0 Å². The van der Waals surface area contributed by atoms with Crippen LogP contribution in [-0.2, 0) is 0 Å². The number of para-hydroxylation sites is 1. The Morgan fingerprint density at radius 1 is 1.22 bits per heavy atom. The smallest absolute Gasteiger partial charge is 0.253 e. The van der Waals surface area contributed by atoms with E-state index in [0.717, 1.165) is 25.1 Å². The maximum Gasteiger partial charge on any atom is 0.253 e. The molecule has 0 aliphatic heterocycles. The zero-order valence-electron chi connectivity index (χ0n) is 11.8. The van der Waals surface area contributed by atoms with Crippen molar-refractivity contribution >= 4 is 11.6 Å². The van der Waals surface area contributed by atoms with E-state index in [9.17, 15) is 4.79 Å². The van der Waals surface area contributed by atoms with Gasteiger partial charge in [-0.05, 0) is 38.8 Å². The van der Waals surface area contributed by atoms with E-state index in [1.54, 1.807) is 0 Å². The highest BCUT2D eigenvalue weighted by Gasteiger charge is 2.20. The van der Waals surface area contributed by atoms with Gasteiger partial charge in [-0.25, -0.2) is 0 Å². The minimum atomic E-state index is -0.172. The van der Waals surface area contributed by atoms with Crippen molar-refractivity contribution in [2.75, 3.05) is 11.9 Å². The molecular weight excluding hydrogens is 224 g/mol. The average molecular weight is 248 g/mol. The molecule has 0 fully saturated rings. The molecule has 0 saturated carbocycles. The summed E-state index contributed by atoms with van der Waals surface area (Å²) in [5, 5.41) is 6.35.